The highest BCUT2D eigenvalue weighted by Gasteiger charge is 2.42. The highest BCUT2D eigenvalue weighted by Crippen LogP contribution is 2.37. The van der Waals surface area contributed by atoms with E-state index in [-0.39, 0.29) is 35.9 Å². The summed E-state index contributed by atoms with van der Waals surface area (Å²) >= 11 is 0. The van der Waals surface area contributed by atoms with Crippen molar-refractivity contribution in [2.45, 2.75) is 69.7 Å². The van der Waals surface area contributed by atoms with Crippen LogP contribution in [0.1, 0.15) is 57.8 Å². The molecule has 2 N–H and O–H groups in total. The molecule has 1 aliphatic carbocycles. The summed E-state index contributed by atoms with van der Waals surface area (Å²) in [6.45, 7) is 3.38. The quantitative estimate of drug-likeness (QED) is 0.422. The van der Waals surface area contributed by atoms with Crippen LogP contribution in [0.15, 0.2) is 4.99 Å². The molecule has 128 valence electrons. The second-order valence-corrected chi connectivity index (χ2v) is 6.62. The molecule has 2 aliphatic heterocycles. The van der Waals surface area contributed by atoms with E-state index < -0.39 is 0 Å². The number of aliphatic imine (C=N–C) groups is 1. The topological polar surface area (TPSA) is 60.1 Å². The normalized spacial score (nSPS) is 29.2. The molecule has 2 saturated heterocycles. The lowest BCUT2D eigenvalue weighted by molar-refractivity contribution is -0.186. The molecule has 0 amide bonds. The van der Waals surface area contributed by atoms with E-state index in [2.05, 4.69) is 9.89 Å². The number of nitrogens with zero attached hydrogens (tertiary/aromatic N) is 2. The van der Waals surface area contributed by atoms with Crippen molar-refractivity contribution < 1.29 is 9.47 Å². The van der Waals surface area contributed by atoms with Gasteiger partial charge in [0.1, 0.15) is 6.10 Å². The predicted molar refractivity (Wildman–Crippen MR) is 98.6 cm³/mol. The third-order valence-corrected chi connectivity index (χ3v) is 4.92. The van der Waals surface area contributed by atoms with Crippen molar-refractivity contribution in [2.24, 2.45) is 10.7 Å². The summed E-state index contributed by atoms with van der Waals surface area (Å²) in [5.74, 6) is 0.389. The highest BCUT2D eigenvalue weighted by atomic mass is 127. The Morgan fingerprint density at radius 3 is 2.36 bits per heavy atom. The standard InChI is InChI=1S/C16H29N3O2.HI/c17-15(19-10-6-1-2-7-11-19)18-12-14-13-20-16(21-14)8-4-3-5-9-16;/h14H,1-13H2,(H2,17,18);1H. The third-order valence-electron chi connectivity index (χ3n) is 4.92. The van der Waals surface area contributed by atoms with Crippen molar-refractivity contribution in [2.75, 3.05) is 26.2 Å². The first kappa shape index (κ1) is 18.3. The number of hydrogen-bond acceptors (Lipinski definition) is 3. The van der Waals surface area contributed by atoms with Gasteiger partial charge in [-0.2, -0.15) is 0 Å². The Labute approximate surface area is 151 Å². The number of likely N-dealkylation sites (tertiary alicyclic amines) is 1. The van der Waals surface area contributed by atoms with Crippen LogP contribution in [0.2, 0.25) is 0 Å². The molecule has 3 aliphatic rings. The molecule has 3 rings (SSSR count). The van der Waals surface area contributed by atoms with Crippen molar-refractivity contribution in [1.29, 1.82) is 0 Å². The lowest BCUT2D eigenvalue weighted by Crippen LogP contribution is -2.39. The van der Waals surface area contributed by atoms with Gasteiger partial charge in [-0.15, -0.1) is 24.0 Å². The zero-order chi connectivity index (χ0) is 14.5. The van der Waals surface area contributed by atoms with Crippen LogP contribution in [0.25, 0.3) is 0 Å². The number of ether oxygens (including phenoxy) is 2. The monoisotopic (exact) mass is 423 g/mol. The van der Waals surface area contributed by atoms with Gasteiger partial charge in [-0.1, -0.05) is 19.3 Å². The van der Waals surface area contributed by atoms with Crippen molar-refractivity contribution in [3.05, 3.63) is 0 Å². The molecular formula is C16H30IN3O2. The molecule has 0 aromatic rings. The molecule has 1 spiro atoms. The van der Waals surface area contributed by atoms with Gasteiger partial charge in [0.2, 0.25) is 0 Å². The van der Waals surface area contributed by atoms with E-state index in [4.69, 9.17) is 15.2 Å². The van der Waals surface area contributed by atoms with E-state index in [0.717, 1.165) is 25.9 Å². The van der Waals surface area contributed by atoms with Crippen LogP contribution in [-0.4, -0.2) is 49.0 Å². The van der Waals surface area contributed by atoms with Crippen LogP contribution in [0, 0.1) is 0 Å². The lowest BCUT2D eigenvalue weighted by atomic mass is 9.94. The first-order valence-corrected chi connectivity index (χ1v) is 8.64. The summed E-state index contributed by atoms with van der Waals surface area (Å²) < 4.78 is 12.1. The largest absolute Gasteiger partial charge is 0.370 e. The van der Waals surface area contributed by atoms with Crippen LogP contribution in [-0.2, 0) is 9.47 Å². The van der Waals surface area contributed by atoms with Gasteiger partial charge in [0.15, 0.2) is 11.7 Å². The predicted octanol–water partition coefficient (Wildman–Crippen LogP) is 2.87. The van der Waals surface area contributed by atoms with Gasteiger partial charge in [-0.3, -0.25) is 4.99 Å². The molecule has 22 heavy (non-hydrogen) atoms. The molecule has 0 aromatic heterocycles. The molecule has 2 heterocycles. The van der Waals surface area contributed by atoms with Gasteiger partial charge in [-0.25, -0.2) is 0 Å². The highest BCUT2D eigenvalue weighted by molar-refractivity contribution is 14.0. The fourth-order valence-electron chi connectivity index (χ4n) is 3.65. The Morgan fingerprint density at radius 2 is 1.68 bits per heavy atom. The van der Waals surface area contributed by atoms with Crippen LogP contribution >= 0.6 is 24.0 Å². The minimum absolute atomic E-state index is 0. The van der Waals surface area contributed by atoms with Crippen molar-refractivity contribution >= 4 is 29.9 Å². The summed E-state index contributed by atoms with van der Waals surface area (Å²) in [6.07, 6.45) is 11.0. The van der Waals surface area contributed by atoms with Crippen molar-refractivity contribution in [3.8, 4) is 0 Å². The molecule has 1 atom stereocenters. The third kappa shape index (κ3) is 4.71. The van der Waals surface area contributed by atoms with Gasteiger partial charge in [-0.05, 0) is 25.7 Å². The first-order valence-electron chi connectivity index (χ1n) is 8.64. The van der Waals surface area contributed by atoms with E-state index in [9.17, 15) is 0 Å². The summed E-state index contributed by atoms with van der Waals surface area (Å²) in [5, 5.41) is 0. The molecule has 3 fully saturated rings. The van der Waals surface area contributed by atoms with E-state index in [1.54, 1.807) is 0 Å². The summed E-state index contributed by atoms with van der Waals surface area (Å²) in [5.41, 5.74) is 6.15. The Balaban J connectivity index is 0.00000176. The van der Waals surface area contributed by atoms with Crippen LogP contribution in [0.4, 0.5) is 0 Å². The van der Waals surface area contributed by atoms with Crippen LogP contribution < -0.4 is 5.73 Å². The Bertz CT molecular complexity index is 364. The van der Waals surface area contributed by atoms with Gasteiger partial charge >= 0.3 is 0 Å². The fourth-order valence-corrected chi connectivity index (χ4v) is 3.65. The van der Waals surface area contributed by atoms with E-state index in [1.807, 2.05) is 0 Å². The number of halogens is 1. The minimum Gasteiger partial charge on any atom is -0.370 e. The Hall–Kier alpha value is -0.0800. The Kier molecular flexibility index (Phi) is 7.21. The van der Waals surface area contributed by atoms with Crippen LogP contribution in [0.3, 0.4) is 0 Å². The zero-order valence-electron chi connectivity index (χ0n) is 13.5. The second kappa shape index (κ2) is 8.68. The second-order valence-electron chi connectivity index (χ2n) is 6.62. The SMILES string of the molecule is I.NC(=NCC1COC2(CCCCC2)O1)N1CCCCCC1. The zero-order valence-corrected chi connectivity index (χ0v) is 15.8. The maximum absolute atomic E-state index is 6.15. The van der Waals surface area contributed by atoms with Gasteiger partial charge in [0, 0.05) is 25.9 Å². The smallest absolute Gasteiger partial charge is 0.191 e. The molecule has 0 radical (unpaired) electrons. The first-order chi connectivity index (χ1) is 10.3. The molecular weight excluding hydrogens is 393 g/mol. The number of nitrogens with two attached hydrogens (primary N) is 1. The molecule has 6 heteroatoms. The van der Waals surface area contributed by atoms with E-state index >= 15 is 0 Å². The maximum atomic E-state index is 6.15. The molecule has 5 nitrogen and oxygen atoms in total. The van der Waals surface area contributed by atoms with Crippen molar-refractivity contribution in [1.82, 2.24) is 4.90 Å². The van der Waals surface area contributed by atoms with Gasteiger partial charge in [0.25, 0.3) is 0 Å². The average molecular weight is 423 g/mol. The van der Waals surface area contributed by atoms with Crippen LogP contribution in [0.5, 0.6) is 0 Å². The summed E-state index contributed by atoms with van der Waals surface area (Å²) in [6, 6.07) is 0. The number of rotatable bonds is 2. The van der Waals surface area contributed by atoms with Crippen molar-refractivity contribution in [3.63, 3.8) is 0 Å². The summed E-state index contributed by atoms with van der Waals surface area (Å²) in [4.78, 5) is 6.79. The molecule has 0 aromatic carbocycles. The van der Waals surface area contributed by atoms with Gasteiger partial charge < -0.3 is 20.1 Å². The Morgan fingerprint density at radius 1 is 1.05 bits per heavy atom. The van der Waals surface area contributed by atoms with Gasteiger partial charge in [0.05, 0.1) is 13.2 Å². The average Bonchev–Trinajstić information content (AvgIpc) is 2.74. The number of guanidine groups is 1. The molecule has 1 unspecified atom stereocenters. The fraction of sp³-hybridized carbons (Fsp3) is 0.938. The summed E-state index contributed by atoms with van der Waals surface area (Å²) in [7, 11) is 0. The molecule has 1 saturated carbocycles. The molecule has 0 bridgehead atoms. The number of hydrogen-bond donors (Lipinski definition) is 1. The lowest BCUT2D eigenvalue weighted by Gasteiger charge is -2.31. The van der Waals surface area contributed by atoms with E-state index in [1.165, 1.54) is 44.9 Å². The maximum Gasteiger partial charge on any atom is 0.191 e. The minimum atomic E-state index is -0.296. The van der Waals surface area contributed by atoms with E-state index in [0.29, 0.717) is 19.1 Å².